The van der Waals surface area contributed by atoms with E-state index in [0.29, 0.717) is 24.5 Å². The molecule has 0 N–H and O–H groups in total. The first-order chi connectivity index (χ1) is 10.1. The molecule has 2 rings (SSSR count). The Kier molecular flexibility index (Phi) is 4.77. The zero-order chi connectivity index (χ0) is 15.4. The van der Waals surface area contributed by atoms with Crippen molar-refractivity contribution in [3.05, 3.63) is 33.9 Å². The zero-order valence-electron chi connectivity index (χ0n) is 12.2. The van der Waals surface area contributed by atoms with E-state index in [2.05, 4.69) is 0 Å². The van der Waals surface area contributed by atoms with Gasteiger partial charge in [0.15, 0.2) is 11.5 Å². The van der Waals surface area contributed by atoms with Gasteiger partial charge in [-0.2, -0.15) is 0 Å². The number of nitrogens with zero attached hydrogens (tertiary/aromatic N) is 1. The van der Waals surface area contributed by atoms with Crippen molar-refractivity contribution in [2.45, 2.75) is 38.1 Å². The molecule has 114 valence electrons. The maximum absolute atomic E-state index is 11.7. The van der Waals surface area contributed by atoms with Gasteiger partial charge >= 0.3 is 0 Å². The molecule has 0 heterocycles. The zero-order valence-corrected chi connectivity index (χ0v) is 12.2. The van der Waals surface area contributed by atoms with E-state index in [0.717, 1.165) is 5.56 Å². The summed E-state index contributed by atoms with van der Waals surface area (Å²) in [5.74, 6) is 0.816. The number of carbonyl (C=O) groups is 1. The van der Waals surface area contributed by atoms with Gasteiger partial charge in [0.25, 0.3) is 0 Å². The lowest BCUT2D eigenvalue weighted by Gasteiger charge is -2.25. The molecule has 0 aliphatic heterocycles. The molecule has 21 heavy (non-hydrogen) atoms. The van der Waals surface area contributed by atoms with Crippen LogP contribution in [0.2, 0.25) is 0 Å². The fourth-order valence-corrected chi connectivity index (χ4v) is 2.78. The predicted molar refractivity (Wildman–Crippen MR) is 76.5 cm³/mol. The summed E-state index contributed by atoms with van der Waals surface area (Å²) in [7, 11) is 1.54. The number of Topliss-reactive ketones (excluding diaryl/α,β-unsaturated/α-hetero) is 1. The molecule has 0 aromatic heterocycles. The Balaban J connectivity index is 2.35. The summed E-state index contributed by atoms with van der Waals surface area (Å²) in [6.07, 6.45) is 0.798. The van der Waals surface area contributed by atoms with Crippen LogP contribution in [0.1, 0.15) is 37.7 Å². The van der Waals surface area contributed by atoms with Gasteiger partial charge in [0.05, 0.1) is 19.6 Å². The molecular weight excluding hydrogens is 274 g/mol. The van der Waals surface area contributed by atoms with E-state index >= 15 is 0 Å². The van der Waals surface area contributed by atoms with Crippen molar-refractivity contribution in [3.8, 4) is 11.5 Å². The van der Waals surface area contributed by atoms with E-state index in [1.54, 1.807) is 25.3 Å². The van der Waals surface area contributed by atoms with E-state index in [9.17, 15) is 14.9 Å². The second kappa shape index (κ2) is 6.56. The van der Waals surface area contributed by atoms with Crippen LogP contribution in [0.4, 0.5) is 0 Å². The van der Waals surface area contributed by atoms with Gasteiger partial charge in [0.2, 0.25) is 6.04 Å². The van der Waals surface area contributed by atoms with E-state index < -0.39 is 12.0 Å². The highest BCUT2D eigenvalue weighted by Gasteiger charge is 2.38. The van der Waals surface area contributed by atoms with Crippen molar-refractivity contribution < 1.29 is 19.2 Å². The second-order valence-electron chi connectivity index (χ2n) is 5.08. The molecule has 6 nitrogen and oxygen atoms in total. The number of hydrogen-bond acceptors (Lipinski definition) is 5. The van der Waals surface area contributed by atoms with E-state index in [1.165, 1.54) is 0 Å². The van der Waals surface area contributed by atoms with Crippen LogP contribution < -0.4 is 9.47 Å². The highest BCUT2D eigenvalue weighted by atomic mass is 16.6. The number of hydrogen-bond donors (Lipinski definition) is 0. The minimum atomic E-state index is -0.717. The number of benzene rings is 1. The maximum atomic E-state index is 11.7. The Labute approximate surface area is 123 Å². The Bertz CT molecular complexity index is 543. The quantitative estimate of drug-likeness (QED) is 0.616. The highest BCUT2D eigenvalue weighted by Crippen LogP contribution is 2.37. The molecule has 0 spiro atoms. The molecule has 0 saturated heterocycles. The van der Waals surface area contributed by atoms with Crippen LogP contribution in [-0.4, -0.2) is 30.5 Å². The lowest BCUT2D eigenvalue weighted by Crippen LogP contribution is -2.34. The van der Waals surface area contributed by atoms with Crippen LogP contribution in [0.15, 0.2) is 18.2 Å². The van der Waals surface area contributed by atoms with Gasteiger partial charge < -0.3 is 9.47 Å². The first kappa shape index (κ1) is 15.3. The third-order valence-corrected chi connectivity index (χ3v) is 3.82. The molecule has 1 aromatic rings. The Morgan fingerprint density at radius 2 is 2.14 bits per heavy atom. The fraction of sp³-hybridized carbons (Fsp3) is 0.533. The van der Waals surface area contributed by atoms with Crippen molar-refractivity contribution in [2.75, 3.05) is 13.7 Å². The first-order valence-electron chi connectivity index (χ1n) is 7.02. The standard InChI is InChI=1S/C15H19NO5/c1-3-21-15-8-10(4-7-14(15)20-2)12-9-11(17)5-6-13(12)16(18)19/h4,7-8,12-13H,3,5-6,9H2,1-2H3/t12-,13+/m1/s1. The SMILES string of the molecule is CCOc1cc([C@H]2CC(=O)CC[C@@H]2[N+](=O)[O-])ccc1OC. The lowest BCUT2D eigenvalue weighted by atomic mass is 9.79. The number of ketones is 1. The van der Waals surface area contributed by atoms with Gasteiger partial charge in [-0.25, -0.2) is 0 Å². The first-order valence-corrected chi connectivity index (χ1v) is 7.02. The predicted octanol–water partition coefficient (Wildman–Crippen LogP) is 2.58. The molecule has 0 bridgehead atoms. The van der Waals surface area contributed by atoms with E-state index in [1.807, 2.05) is 6.92 Å². The van der Waals surface area contributed by atoms with Gasteiger partial charge in [0.1, 0.15) is 5.78 Å². The number of ether oxygens (including phenoxy) is 2. The third kappa shape index (κ3) is 3.32. The molecule has 1 aliphatic rings. The monoisotopic (exact) mass is 293 g/mol. The molecule has 0 radical (unpaired) electrons. The molecule has 2 atom stereocenters. The summed E-state index contributed by atoms with van der Waals surface area (Å²) in [6, 6.07) is 4.55. The van der Waals surface area contributed by atoms with Crippen LogP contribution in [-0.2, 0) is 4.79 Å². The molecule has 6 heteroatoms. The summed E-state index contributed by atoms with van der Waals surface area (Å²) < 4.78 is 10.7. The Morgan fingerprint density at radius 3 is 2.76 bits per heavy atom. The van der Waals surface area contributed by atoms with Crippen LogP contribution >= 0.6 is 0 Å². The highest BCUT2D eigenvalue weighted by molar-refractivity contribution is 5.80. The number of nitro groups is 1. The topological polar surface area (TPSA) is 78.7 Å². The van der Waals surface area contributed by atoms with Gasteiger partial charge in [-0.05, 0) is 24.6 Å². The minimum Gasteiger partial charge on any atom is -0.493 e. The van der Waals surface area contributed by atoms with Gasteiger partial charge in [-0.1, -0.05) is 6.07 Å². The number of methoxy groups -OCH3 is 1. The van der Waals surface area contributed by atoms with Crippen molar-refractivity contribution in [2.24, 2.45) is 0 Å². The summed E-state index contributed by atoms with van der Waals surface area (Å²) in [6.45, 7) is 2.33. The largest absolute Gasteiger partial charge is 0.493 e. The van der Waals surface area contributed by atoms with Crippen molar-refractivity contribution in [1.82, 2.24) is 0 Å². The van der Waals surface area contributed by atoms with Crippen molar-refractivity contribution >= 4 is 5.78 Å². The summed E-state index contributed by atoms with van der Waals surface area (Å²) in [4.78, 5) is 22.6. The number of rotatable bonds is 5. The van der Waals surface area contributed by atoms with Crippen molar-refractivity contribution in [1.29, 1.82) is 0 Å². The minimum absolute atomic E-state index is 0.0758. The fourth-order valence-electron chi connectivity index (χ4n) is 2.78. The summed E-state index contributed by atoms with van der Waals surface area (Å²) in [5, 5.41) is 11.2. The Morgan fingerprint density at radius 1 is 1.38 bits per heavy atom. The molecule has 1 fully saturated rings. The van der Waals surface area contributed by atoms with Gasteiger partial charge in [-0.3, -0.25) is 14.9 Å². The second-order valence-corrected chi connectivity index (χ2v) is 5.08. The molecule has 0 amide bonds. The van der Waals surface area contributed by atoms with Crippen LogP contribution in [0.5, 0.6) is 11.5 Å². The van der Waals surface area contributed by atoms with E-state index in [4.69, 9.17) is 9.47 Å². The molecule has 0 unspecified atom stereocenters. The third-order valence-electron chi connectivity index (χ3n) is 3.82. The molecule has 1 aromatic carbocycles. The lowest BCUT2D eigenvalue weighted by molar-refractivity contribution is -0.528. The van der Waals surface area contributed by atoms with Crippen molar-refractivity contribution in [3.63, 3.8) is 0 Å². The average molecular weight is 293 g/mol. The maximum Gasteiger partial charge on any atom is 0.220 e. The molecule has 1 aliphatic carbocycles. The van der Waals surface area contributed by atoms with Crippen LogP contribution in [0, 0.1) is 10.1 Å². The van der Waals surface area contributed by atoms with Gasteiger partial charge in [0, 0.05) is 24.2 Å². The number of carbonyl (C=O) groups excluding carboxylic acids is 1. The van der Waals surface area contributed by atoms with Gasteiger partial charge in [-0.15, -0.1) is 0 Å². The van der Waals surface area contributed by atoms with Crippen LogP contribution in [0.25, 0.3) is 0 Å². The molecule has 1 saturated carbocycles. The van der Waals surface area contributed by atoms with Crippen LogP contribution in [0.3, 0.4) is 0 Å². The Hall–Kier alpha value is -2.11. The smallest absolute Gasteiger partial charge is 0.220 e. The van der Waals surface area contributed by atoms with E-state index in [-0.39, 0.29) is 23.5 Å². The normalized spacial score (nSPS) is 21.9. The summed E-state index contributed by atoms with van der Waals surface area (Å²) in [5.41, 5.74) is 0.758. The average Bonchev–Trinajstić information content (AvgIpc) is 2.47. The summed E-state index contributed by atoms with van der Waals surface area (Å²) >= 11 is 0. The molecular formula is C15H19NO5.